The van der Waals surface area contributed by atoms with E-state index in [1.54, 1.807) is 17.6 Å². The molecular formula is C27H31N3O3. The number of carbonyl (C=O) groups excluding carboxylic acids is 1. The lowest BCUT2D eigenvalue weighted by molar-refractivity contribution is 0.0706. The molecule has 1 saturated heterocycles. The number of carbonyl (C=O) groups is 1. The van der Waals surface area contributed by atoms with Gasteiger partial charge in [0.25, 0.3) is 5.91 Å². The van der Waals surface area contributed by atoms with E-state index in [2.05, 4.69) is 41.4 Å². The molecule has 3 aromatic rings. The van der Waals surface area contributed by atoms with E-state index >= 15 is 0 Å². The van der Waals surface area contributed by atoms with Crippen molar-refractivity contribution in [1.82, 2.24) is 15.7 Å². The van der Waals surface area contributed by atoms with E-state index in [1.807, 2.05) is 36.4 Å². The Kier molecular flexibility index (Phi) is 7.73. The Morgan fingerprint density at radius 3 is 2.67 bits per heavy atom. The molecule has 1 amide bonds. The van der Waals surface area contributed by atoms with Gasteiger partial charge in [0.05, 0.1) is 0 Å². The summed E-state index contributed by atoms with van der Waals surface area (Å²) in [5.41, 5.74) is 4.17. The van der Waals surface area contributed by atoms with Crippen LogP contribution >= 0.6 is 0 Å². The van der Waals surface area contributed by atoms with Crippen LogP contribution in [0.3, 0.4) is 0 Å². The van der Waals surface area contributed by atoms with E-state index in [4.69, 9.17) is 9.94 Å². The second-order valence-electron chi connectivity index (χ2n) is 8.39. The number of likely N-dealkylation sites (N-methyl/N-ethyl adjacent to an activating group) is 1. The van der Waals surface area contributed by atoms with Gasteiger partial charge in [-0.05, 0) is 54.2 Å². The van der Waals surface area contributed by atoms with Crippen LogP contribution in [-0.4, -0.2) is 54.8 Å². The Balaban J connectivity index is 1.50. The maximum Gasteiger partial charge on any atom is 0.274 e. The second-order valence-corrected chi connectivity index (χ2v) is 8.39. The molecule has 0 spiro atoms. The van der Waals surface area contributed by atoms with Crippen molar-refractivity contribution in [3.05, 3.63) is 83.4 Å². The van der Waals surface area contributed by atoms with E-state index in [0.717, 1.165) is 60.3 Å². The minimum atomic E-state index is -0.520. The number of fused-ring (bicyclic) bond motifs is 1. The van der Waals surface area contributed by atoms with Gasteiger partial charge < -0.3 is 15.0 Å². The first kappa shape index (κ1) is 23.0. The zero-order valence-electron chi connectivity index (χ0n) is 19.0. The normalized spacial score (nSPS) is 16.8. The highest BCUT2D eigenvalue weighted by Gasteiger charge is 2.20. The van der Waals surface area contributed by atoms with Gasteiger partial charge in [0.15, 0.2) is 0 Å². The summed E-state index contributed by atoms with van der Waals surface area (Å²) in [6.45, 7) is 6.67. The molecule has 1 fully saturated rings. The summed E-state index contributed by atoms with van der Waals surface area (Å²) >= 11 is 0. The molecule has 3 N–H and O–H groups in total. The second kappa shape index (κ2) is 11.1. The standard InChI is InChI=1S/C27H31N3O3/c1-2-30-15-14-24(18-30)28-17-21(16-20-10-12-23(13-11-20)27(31)29-32)19-33-26-9-5-7-22-6-3-4-8-25(22)26/h3-13,16,24,28,32H,2,14-15,17-19H2,1H3,(H,29,31)/b21-16+. The van der Waals surface area contributed by atoms with Crippen LogP contribution in [0.2, 0.25) is 0 Å². The van der Waals surface area contributed by atoms with Crippen LogP contribution in [0.25, 0.3) is 16.8 Å². The van der Waals surface area contributed by atoms with Crippen LogP contribution in [0.15, 0.2) is 72.3 Å². The minimum Gasteiger partial charge on any atom is -0.489 e. The molecule has 1 heterocycles. The van der Waals surface area contributed by atoms with E-state index < -0.39 is 5.91 Å². The summed E-state index contributed by atoms with van der Waals surface area (Å²) in [5.74, 6) is 0.348. The number of hydrogen-bond acceptors (Lipinski definition) is 5. The first-order valence-corrected chi connectivity index (χ1v) is 11.5. The summed E-state index contributed by atoms with van der Waals surface area (Å²) in [7, 11) is 0. The number of nitrogens with one attached hydrogen (secondary N) is 2. The Bertz CT molecular complexity index is 1110. The minimum absolute atomic E-state index is 0.409. The van der Waals surface area contributed by atoms with Crippen molar-refractivity contribution < 1.29 is 14.7 Å². The number of hydroxylamine groups is 1. The Morgan fingerprint density at radius 1 is 1.12 bits per heavy atom. The fourth-order valence-corrected chi connectivity index (χ4v) is 4.23. The third-order valence-electron chi connectivity index (χ3n) is 6.15. The molecule has 1 atom stereocenters. The maximum atomic E-state index is 11.6. The van der Waals surface area contributed by atoms with E-state index in [1.165, 1.54) is 0 Å². The first-order chi connectivity index (χ1) is 16.2. The molecule has 0 bridgehead atoms. The molecule has 4 rings (SSSR count). The van der Waals surface area contributed by atoms with Gasteiger partial charge in [0.2, 0.25) is 0 Å². The van der Waals surface area contributed by atoms with Gasteiger partial charge in [-0.25, -0.2) is 5.48 Å². The molecular weight excluding hydrogens is 414 g/mol. The predicted molar refractivity (Wildman–Crippen MR) is 132 cm³/mol. The molecule has 172 valence electrons. The highest BCUT2D eigenvalue weighted by Crippen LogP contribution is 2.25. The average Bonchev–Trinajstić information content (AvgIpc) is 3.33. The van der Waals surface area contributed by atoms with Crippen molar-refractivity contribution in [1.29, 1.82) is 0 Å². The first-order valence-electron chi connectivity index (χ1n) is 11.5. The Hall–Kier alpha value is -3.19. The van der Waals surface area contributed by atoms with Crippen molar-refractivity contribution in [3.63, 3.8) is 0 Å². The average molecular weight is 446 g/mol. The predicted octanol–water partition coefficient (Wildman–Crippen LogP) is 4.11. The summed E-state index contributed by atoms with van der Waals surface area (Å²) in [4.78, 5) is 14.1. The van der Waals surface area contributed by atoms with E-state index in [0.29, 0.717) is 18.2 Å². The number of hydrogen-bond donors (Lipinski definition) is 3. The smallest absolute Gasteiger partial charge is 0.274 e. The largest absolute Gasteiger partial charge is 0.489 e. The van der Waals surface area contributed by atoms with Crippen LogP contribution in [0.4, 0.5) is 0 Å². The number of likely N-dealkylation sites (tertiary alicyclic amines) is 1. The molecule has 1 aliphatic rings. The lowest BCUT2D eigenvalue weighted by atomic mass is 10.1. The number of rotatable bonds is 9. The van der Waals surface area contributed by atoms with Crippen molar-refractivity contribution in [2.75, 3.05) is 32.8 Å². The van der Waals surface area contributed by atoms with Crippen molar-refractivity contribution in [2.45, 2.75) is 19.4 Å². The van der Waals surface area contributed by atoms with Crippen LogP contribution < -0.4 is 15.5 Å². The third-order valence-corrected chi connectivity index (χ3v) is 6.15. The number of nitrogens with zero attached hydrogens (tertiary/aromatic N) is 1. The third kappa shape index (κ3) is 5.99. The van der Waals surface area contributed by atoms with Gasteiger partial charge in [0.1, 0.15) is 12.4 Å². The van der Waals surface area contributed by atoms with Crippen molar-refractivity contribution in [3.8, 4) is 5.75 Å². The van der Waals surface area contributed by atoms with Crippen LogP contribution in [0, 0.1) is 0 Å². The van der Waals surface area contributed by atoms with Gasteiger partial charge >= 0.3 is 0 Å². The summed E-state index contributed by atoms with van der Waals surface area (Å²) < 4.78 is 6.27. The Labute approximate surface area is 194 Å². The lowest BCUT2D eigenvalue weighted by Gasteiger charge is -2.17. The number of benzene rings is 3. The maximum absolute atomic E-state index is 11.6. The SMILES string of the molecule is CCN1CCC(NC/C(=C\c2ccc(C(=O)NO)cc2)COc2cccc3ccccc23)C1. The van der Waals surface area contributed by atoms with E-state index in [9.17, 15) is 4.79 Å². The quantitative estimate of drug-likeness (QED) is 0.342. The van der Waals surface area contributed by atoms with Crippen LogP contribution in [0.1, 0.15) is 29.3 Å². The van der Waals surface area contributed by atoms with Gasteiger partial charge in [0, 0.05) is 30.1 Å². The molecule has 1 aliphatic heterocycles. The molecule has 1 unspecified atom stereocenters. The van der Waals surface area contributed by atoms with Gasteiger partial charge in [-0.1, -0.05) is 61.5 Å². The molecule has 0 radical (unpaired) electrons. The monoisotopic (exact) mass is 445 g/mol. The van der Waals surface area contributed by atoms with Crippen LogP contribution in [0.5, 0.6) is 5.75 Å². The molecule has 6 nitrogen and oxygen atoms in total. The summed E-state index contributed by atoms with van der Waals surface area (Å²) in [6.07, 6.45) is 3.25. The summed E-state index contributed by atoms with van der Waals surface area (Å²) in [6, 6.07) is 21.9. The highest BCUT2D eigenvalue weighted by molar-refractivity contribution is 5.93. The van der Waals surface area contributed by atoms with E-state index in [-0.39, 0.29) is 0 Å². The van der Waals surface area contributed by atoms with Gasteiger partial charge in [-0.15, -0.1) is 0 Å². The molecule has 33 heavy (non-hydrogen) atoms. The number of ether oxygens (including phenoxy) is 1. The molecule has 0 saturated carbocycles. The fraction of sp³-hybridized carbons (Fsp3) is 0.296. The summed E-state index contributed by atoms with van der Waals surface area (Å²) in [5, 5.41) is 14.8. The highest BCUT2D eigenvalue weighted by atomic mass is 16.5. The molecule has 0 aromatic heterocycles. The Morgan fingerprint density at radius 2 is 1.91 bits per heavy atom. The molecule has 3 aromatic carbocycles. The van der Waals surface area contributed by atoms with Gasteiger partial charge in [-0.2, -0.15) is 0 Å². The number of amides is 1. The van der Waals surface area contributed by atoms with Gasteiger partial charge in [-0.3, -0.25) is 10.0 Å². The topological polar surface area (TPSA) is 73.8 Å². The van der Waals surface area contributed by atoms with Crippen LogP contribution in [-0.2, 0) is 0 Å². The van der Waals surface area contributed by atoms with Crippen molar-refractivity contribution in [2.24, 2.45) is 0 Å². The lowest BCUT2D eigenvalue weighted by Crippen LogP contribution is -2.34. The molecule has 6 heteroatoms. The zero-order chi connectivity index (χ0) is 23.0. The molecule has 0 aliphatic carbocycles. The van der Waals surface area contributed by atoms with Crippen molar-refractivity contribution >= 4 is 22.8 Å². The zero-order valence-corrected chi connectivity index (χ0v) is 19.0. The fourth-order valence-electron chi connectivity index (χ4n) is 4.23.